The van der Waals surface area contributed by atoms with Gasteiger partial charge in [0.2, 0.25) is 0 Å². The number of hydrogen-bond donors (Lipinski definition) is 1. The minimum absolute atomic E-state index is 0.0677. The molecule has 1 atom stereocenters. The molecule has 0 saturated heterocycles. The van der Waals surface area contributed by atoms with Crippen molar-refractivity contribution in [2.75, 3.05) is 12.4 Å². The lowest BCUT2D eigenvalue weighted by Crippen LogP contribution is -2.29. The molecule has 2 aromatic rings. The van der Waals surface area contributed by atoms with Crippen molar-refractivity contribution in [2.24, 2.45) is 0 Å². The SMILES string of the molecule is COc1cc(/C=C/C(=O)O[C@@H](C)C(=O)Nc2cccc(C#N)c2)ccc1OC(F)F. The summed E-state index contributed by atoms with van der Waals surface area (Å²) >= 11 is 0. The third-order valence-corrected chi connectivity index (χ3v) is 3.74. The predicted molar refractivity (Wildman–Crippen MR) is 104 cm³/mol. The Morgan fingerprint density at radius 2 is 1.93 bits per heavy atom. The molecule has 0 aliphatic heterocycles. The van der Waals surface area contributed by atoms with Crippen LogP contribution in [0.5, 0.6) is 11.5 Å². The van der Waals surface area contributed by atoms with Crippen LogP contribution in [0.1, 0.15) is 18.1 Å². The molecule has 0 aliphatic carbocycles. The average molecular weight is 416 g/mol. The highest BCUT2D eigenvalue weighted by molar-refractivity contribution is 5.96. The van der Waals surface area contributed by atoms with Gasteiger partial charge in [0.1, 0.15) is 0 Å². The molecule has 0 fully saturated rings. The maximum atomic E-state index is 12.4. The van der Waals surface area contributed by atoms with E-state index in [9.17, 15) is 18.4 Å². The molecule has 0 aliphatic rings. The summed E-state index contributed by atoms with van der Waals surface area (Å²) in [5.74, 6) is -1.42. The maximum absolute atomic E-state index is 12.4. The second kappa shape index (κ2) is 10.6. The normalized spacial score (nSPS) is 11.6. The van der Waals surface area contributed by atoms with Crippen LogP contribution < -0.4 is 14.8 Å². The number of nitrogens with zero attached hydrogens (tertiary/aromatic N) is 1. The monoisotopic (exact) mass is 416 g/mol. The van der Waals surface area contributed by atoms with Crippen molar-refractivity contribution >= 4 is 23.6 Å². The van der Waals surface area contributed by atoms with Crippen molar-refractivity contribution in [1.82, 2.24) is 0 Å². The fourth-order valence-corrected chi connectivity index (χ4v) is 2.32. The van der Waals surface area contributed by atoms with Gasteiger partial charge in [-0.25, -0.2) is 4.79 Å². The Bertz CT molecular complexity index is 986. The number of amides is 1. The van der Waals surface area contributed by atoms with Crippen LogP contribution in [0.15, 0.2) is 48.5 Å². The molecule has 1 N–H and O–H groups in total. The Hall–Kier alpha value is -3.93. The molecule has 1 amide bonds. The molecule has 9 heteroatoms. The first-order valence-electron chi connectivity index (χ1n) is 8.65. The first-order chi connectivity index (χ1) is 14.3. The summed E-state index contributed by atoms with van der Waals surface area (Å²) in [5, 5.41) is 11.4. The zero-order valence-corrected chi connectivity index (χ0v) is 16.1. The first-order valence-corrected chi connectivity index (χ1v) is 8.65. The van der Waals surface area contributed by atoms with E-state index in [0.717, 1.165) is 6.08 Å². The van der Waals surface area contributed by atoms with Gasteiger partial charge in [0.25, 0.3) is 5.91 Å². The highest BCUT2D eigenvalue weighted by atomic mass is 19.3. The van der Waals surface area contributed by atoms with Crippen molar-refractivity contribution in [1.29, 1.82) is 5.26 Å². The number of rotatable bonds is 8. The van der Waals surface area contributed by atoms with Gasteiger partial charge in [-0.3, -0.25) is 4.79 Å². The van der Waals surface area contributed by atoms with Gasteiger partial charge in [-0.15, -0.1) is 0 Å². The van der Waals surface area contributed by atoms with Crippen molar-refractivity contribution < 1.29 is 32.6 Å². The number of methoxy groups -OCH3 is 1. The zero-order valence-electron chi connectivity index (χ0n) is 16.1. The van der Waals surface area contributed by atoms with Gasteiger partial charge in [0.05, 0.1) is 18.7 Å². The van der Waals surface area contributed by atoms with Crippen molar-refractivity contribution in [3.63, 3.8) is 0 Å². The topological polar surface area (TPSA) is 97.6 Å². The van der Waals surface area contributed by atoms with E-state index in [-0.39, 0.29) is 11.5 Å². The summed E-state index contributed by atoms with van der Waals surface area (Å²) in [6.45, 7) is -1.60. The molecular formula is C21H18F2N2O5. The average Bonchev–Trinajstić information content (AvgIpc) is 2.72. The summed E-state index contributed by atoms with van der Waals surface area (Å²) in [4.78, 5) is 24.1. The highest BCUT2D eigenvalue weighted by Gasteiger charge is 2.17. The van der Waals surface area contributed by atoms with Crippen LogP contribution in [0.25, 0.3) is 6.08 Å². The molecule has 30 heavy (non-hydrogen) atoms. The third-order valence-electron chi connectivity index (χ3n) is 3.74. The van der Waals surface area contributed by atoms with Gasteiger partial charge >= 0.3 is 12.6 Å². The Morgan fingerprint density at radius 3 is 2.60 bits per heavy atom. The van der Waals surface area contributed by atoms with E-state index in [1.165, 1.54) is 44.4 Å². The molecule has 0 aromatic heterocycles. The first kappa shape index (κ1) is 22.4. The van der Waals surface area contributed by atoms with E-state index in [0.29, 0.717) is 16.8 Å². The highest BCUT2D eigenvalue weighted by Crippen LogP contribution is 2.29. The zero-order chi connectivity index (χ0) is 22.1. The fourth-order valence-electron chi connectivity index (χ4n) is 2.32. The lowest BCUT2D eigenvalue weighted by atomic mass is 10.2. The summed E-state index contributed by atoms with van der Waals surface area (Å²) in [6.07, 6.45) is 1.37. The lowest BCUT2D eigenvalue weighted by Gasteiger charge is -2.12. The molecule has 0 heterocycles. The third kappa shape index (κ3) is 6.60. The molecule has 2 rings (SSSR count). The number of carbonyl (C=O) groups is 2. The molecule has 0 spiro atoms. The van der Waals surface area contributed by atoms with E-state index in [1.54, 1.807) is 18.2 Å². The van der Waals surface area contributed by atoms with E-state index in [2.05, 4.69) is 10.1 Å². The number of anilines is 1. The van der Waals surface area contributed by atoms with Gasteiger partial charge < -0.3 is 19.5 Å². The molecule has 0 saturated carbocycles. The van der Waals surface area contributed by atoms with Crippen molar-refractivity contribution in [2.45, 2.75) is 19.6 Å². The van der Waals surface area contributed by atoms with Crippen LogP contribution in [0.4, 0.5) is 14.5 Å². The van der Waals surface area contributed by atoms with Crippen LogP contribution in [0, 0.1) is 11.3 Å². The van der Waals surface area contributed by atoms with Gasteiger partial charge in [0.15, 0.2) is 17.6 Å². The largest absolute Gasteiger partial charge is 0.493 e. The molecule has 7 nitrogen and oxygen atoms in total. The number of halogens is 2. The second-order valence-corrected chi connectivity index (χ2v) is 5.88. The van der Waals surface area contributed by atoms with Crippen LogP contribution in [0.2, 0.25) is 0 Å². The number of carbonyl (C=O) groups excluding carboxylic acids is 2. The Morgan fingerprint density at radius 1 is 1.17 bits per heavy atom. The van der Waals surface area contributed by atoms with Crippen molar-refractivity contribution in [3.05, 3.63) is 59.7 Å². The minimum Gasteiger partial charge on any atom is -0.493 e. The molecular weight excluding hydrogens is 398 g/mol. The summed E-state index contributed by atoms with van der Waals surface area (Å²) < 4.78 is 39.0. The van der Waals surface area contributed by atoms with Crippen LogP contribution in [-0.2, 0) is 14.3 Å². The molecule has 0 unspecified atom stereocenters. The molecule has 0 bridgehead atoms. The standard InChI is InChI=1S/C21H18F2N2O5/c1-13(20(27)25-16-5-3-4-15(10-16)12-24)29-19(26)9-7-14-6-8-17(30-21(22)23)18(11-14)28-2/h3-11,13,21H,1-2H3,(H,25,27)/b9-7+/t13-/m0/s1. The van der Waals surface area contributed by atoms with Crippen LogP contribution in [-0.4, -0.2) is 31.7 Å². The predicted octanol–water partition coefficient (Wildman–Crippen LogP) is 3.75. The Kier molecular flexibility index (Phi) is 7.88. The number of alkyl halides is 2. The smallest absolute Gasteiger partial charge is 0.387 e. The number of nitriles is 1. The molecule has 156 valence electrons. The number of benzene rings is 2. The quantitative estimate of drug-likeness (QED) is 0.520. The summed E-state index contributed by atoms with van der Waals surface area (Å²) in [7, 11) is 1.29. The van der Waals surface area contributed by atoms with Crippen LogP contribution in [0.3, 0.4) is 0 Å². The van der Waals surface area contributed by atoms with E-state index < -0.39 is 24.6 Å². The van der Waals surface area contributed by atoms with E-state index in [4.69, 9.17) is 14.7 Å². The van der Waals surface area contributed by atoms with Gasteiger partial charge in [0, 0.05) is 11.8 Å². The molecule has 0 radical (unpaired) electrons. The Balaban J connectivity index is 1.96. The number of esters is 1. The number of hydrogen-bond acceptors (Lipinski definition) is 6. The van der Waals surface area contributed by atoms with Gasteiger partial charge in [-0.05, 0) is 48.9 Å². The number of nitrogens with one attached hydrogen (secondary N) is 1. The maximum Gasteiger partial charge on any atom is 0.387 e. The summed E-state index contributed by atoms with van der Waals surface area (Å²) in [6, 6.07) is 12.4. The van der Waals surface area contributed by atoms with Crippen LogP contribution >= 0.6 is 0 Å². The van der Waals surface area contributed by atoms with E-state index in [1.807, 2.05) is 6.07 Å². The van der Waals surface area contributed by atoms with E-state index >= 15 is 0 Å². The fraction of sp³-hybridized carbons (Fsp3) is 0.190. The van der Waals surface area contributed by atoms with Gasteiger partial charge in [-0.2, -0.15) is 14.0 Å². The second-order valence-electron chi connectivity index (χ2n) is 5.88. The Labute approximate surface area is 171 Å². The van der Waals surface area contributed by atoms with Gasteiger partial charge in [-0.1, -0.05) is 12.1 Å². The summed E-state index contributed by atoms with van der Waals surface area (Å²) in [5.41, 5.74) is 1.24. The minimum atomic E-state index is -3.00. The van der Waals surface area contributed by atoms with Crippen molar-refractivity contribution in [3.8, 4) is 17.6 Å². The lowest BCUT2D eigenvalue weighted by molar-refractivity contribution is -0.148. The molecule has 2 aromatic carbocycles. The number of ether oxygens (including phenoxy) is 3.